The summed E-state index contributed by atoms with van der Waals surface area (Å²) in [4.78, 5) is 25.3. The van der Waals surface area contributed by atoms with E-state index in [4.69, 9.17) is 27.9 Å². The van der Waals surface area contributed by atoms with Crippen LogP contribution in [-0.4, -0.2) is 24.1 Å². The van der Waals surface area contributed by atoms with Gasteiger partial charge in [0.05, 0.1) is 21.3 Å². The summed E-state index contributed by atoms with van der Waals surface area (Å²) in [6.07, 6.45) is 1.51. The fourth-order valence-electron chi connectivity index (χ4n) is 3.12. The number of nitrogens with zero attached hydrogens (tertiary/aromatic N) is 1. The van der Waals surface area contributed by atoms with E-state index in [9.17, 15) is 9.59 Å². The highest BCUT2D eigenvalue weighted by Crippen LogP contribution is 2.27. The maximum atomic E-state index is 12.7. The van der Waals surface area contributed by atoms with Crippen LogP contribution in [0.15, 0.2) is 76.3 Å². The fraction of sp³-hybridized carbons (Fsp3) is 0.192. The van der Waals surface area contributed by atoms with E-state index in [1.165, 1.54) is 6.21 Å². The van der Waals surface area contributed by atoms with Gasteiger partial charge in [-0.3, -0.25) is 9.59 Å². The maximum Gasteiger partial charge on any atom is 0.262 e. The van der Waals surface area contributed by atoms with Crippen LogP contribution < -0.4 is 15.5 Å². The van der Waals surface area contributed by atoms with Crippen LogP contribution in [-0.2, 0) is 11.4 Å². The first-order valence-corrected chi connectivity index (χ1v) is 12.3. The molecule has 6 nitrogen and oxygen atoms in total. The monoisotopic (exact) mass is 575 g/mol. The molecule has 0 saturated heterocycles. The summed E-state index contributed by atoms with van der Waals surface area (Å²) in [7, 11) is 0. The number of rotatable bonds is 9. The van der Waals surface area contributed by atoms with Gasteiger partial charge in [0.2, 0.25) is 0 Å². The standard InChI is InChI=1S/C26H24BrCl2N3O3/c1-16(2)24(31-25(33)19-8-4-6-10-22(19)29)26(34)32-30-14-17-11-12-23(20(27)13-17)35-15-18-7-3-5-9-21(18)28/h3-14,16,24H,15H2,1-2H3,(H,31,33)(H,32,34). The highest BCUT2D eigenvalue weighted by atomic mass is 79.9. The fourth-order valence-corrected chi connectivity index (χ4v) is 4.05. The highest BCUT2D eigenvalue weighted by molar-refractivity contribution is 9.10. The van der Waals surface area contributed by atoms with Crippen molar-refractivity contribution in [3.63, 3.8) is 0 Å². The number of hydrogen-bond donors (Lipinski definition) is 2. The minimum absolute atomic E-state index is 0.166. The number of carbonyl (C=O) groups excluding carboxylic acids is 2. The Bertz CT molecular complexity index is 1230. The van der Waals surface area contributed by atoms with Crippen molar-refractivity contribution in [1.29, 1.82) is 0 Å². The van der Waals surface area contributed by atoms with E-state index in [0.717, 1.165) is 15.6 Å². The van der Waals surface area contributed by atoms with Gasteiger partial charge < -0.3 is 10.1 Å². The van der Waals surface area contributed by atoms with Crippen molar-refractivity contribution in [3.05, 3.63) is 97.9 Å². The van der Waals surface area contributed by atoms with Crippen molar-refractivity contribution in [3.8, 4) is 5.75 Å². The maximum absolute atomic E-state index is 12.7. The molecule has 1 atom stereocenters. The molecular weight excluding hydrogens is 553 g/mol. The molecule has 0 aromatic heterocycles. The van der Waals surface area contributed by atoms with Gasteiger partial charge in [0.15, 0.2) is 0 Å². The molecule has 0 spiro atoms. The number of amides is 2. The predicted molar refractivity (Wildman–Crippen MR) is 143 cm³/mol. The zero-order chi connectivity index (χ0) is 25.4. The van der Waals surface area contributed by atoms with E-state index in [0.29, 0.717) is 28.0 Å². The molecule has 3 rings (SSSR count). The Morgan fingerprint density at radius 2 is 1.71 bits per heavy atom. The summed E-state index contributed by atoms with van der Waals surface area (Å²) >= 11 is 15.8. The van der Waals surface area contributed by atoms with Crippen LogP contribution in [0.2, 0.25) is 10.0 Å². The second-order valence-electron chi connectivity index (χ2n) is 7.98. The average molecular weight is 577 g/mol. The predicted octanol–water partition coefficient (Wildman–Crippen LogP) is 6.24. The molecule has 3 aromatic rings. The van der Waals surface area contributed by atoms with Gasteiger partial charge in [-0.25, -0.2) is 5.43 Å². The number of nitrogens with one attached hydrogen (secondary N) is 2. The molecule has 0 heterocycles. The van der Waals surface area contributed by atoms with Gasteiger partial charge in [0.25, 0.3) is 11.8 Å². The van der Waals surface area contributed by atoms with Crippen LogP contribution in [0.4, 0.5) is 0 Å². The summed E-state index contributed by atoms with van der Waals surface area (Å²) in [5.41, 5.74) is 4.42. The number of benzene rings is 3. The number of hydrogen-bond acceptors (Lipinski definition) is 4. The Kier molecular flexibility index (Phi) is 9.72. The van der Waals surface area contributed by atoms with E-state index < -0.39 is 17.9 Å². The normalized spacial score (nSPS) is 11.9. The van der Waals surface area contributed by atoms with E-state index in [1.54, 1.807) is 30.3 Å². The van der Waals surface area contributed by atoms with Crippen molar-refractivity contribution in [2.24, 2.45) is 11.0 Å². The topological polar surface area (TPSA) is 79.8 Å². The molecule has 35 heavy (non-hydrogen) atoms. The molecule has 182 valence electrons. The van der Waals surface area contributed by atoms with Crippen LogP contribution in [0.1, 0.15) is 35.3 Å². The molecule has 3 aromatic carbocycles. The third-order valence-corrected chi connectivity index (χ3v) is 6.36. The Morgan fingerprint density at radius 1 is 1.03 bits per heavy atom. The number of carbonyl (C=O) groups is 2. The molecule has 2 amide bonds. The molecule has 0 aliphatic rings. The Balaban J connectivity index is 1.59. The number of ether oxygens (including phenoxy) is 1. The zero-order valence-corrected chi connectivity index (χ0v) is 22.2. The molecule has 1 unspecified atom stereocenters. The molecular formula is C26H24BrCl2N3O3. The van der Waals surface area contributed by atoms with E-state index in [-0.39, 0.29) is 5.92 Å². The van der Waals surface area contributed by atoms with Gasteiger partial charge >= 0.3 is 0 Å². The Morgan fingerprint density at radius 3 is 2.37 bits per heavy atom. The van der Waals surface area contributed by atoms with E-state index in [1.807, 2.05) is 50.2 Å². The van der Waals surface area contributed by atoms with E-state index in [2.05, 4.69) is 31.8 Å². The lowest BCUT2D eigenvalue weighted by Gasteiger charge is -2.20. The SMILES string of the molecule is CC(C)C(NC(=O)c1ccccc1Cl)C(=O)NN=Cc1ccc(OCc2ccccc2Cl)c(Br)c1. The largest absolute Gasteiger partial charge is 0.488 e. The van der Waals surface area contributed by atoms with Crippen LogP contribution in [0.5, 0.6) is 5.75 Å². The molecule has 0 aliphatic heterocycles. The van der Waals surface area contributed by atoms with Gasteiger partial charge in [-0.1, -0.05) is 67.4 Å². The lowest BCUT2D eigenvalue weighted by molar-refractivity contribution is -0.123. The summed E-state index contributed by atoms with van der Waals surface area (Å²) in [6, 6.07) is 18.8. The zero-order valence-electron chi connectivity index (χ0n) is 19.1. The van der Waals surface area contributed by atoms with Crippen LogP contribution in [0.25, 0.3) is 0 Å². The third-order valence-electron chi connectivity index (χ3n) is 5.04. The van der Waals surface area contributed by atoms with Gasteiger partial charge in [0, 0.05) is 10.6 Å². The summed E-state index contributed by atoms with van der Waals surface area (Å²) < 4.78 is 6.57. The van der Waals surface area contributed by atoms with Crippen molar-refractivity contribution >= 4 is 57.2 Å². The summed E-state index contributed by atoms with van der Waals surface area (Å²) in [6.45, 7) is 4.00. The molecule has 0 bridgehead atoms. The Labute approximate surface area is 222 Å². The van der Waals surface area contributed by atoms with Gasteiger partial charge in [-0.05, 0) is 63.8 Å². The molecule has 9 heteroatoms. The van der Waals surface area contributed by atoms with Gasteiger partial charge in [0.1, 0.15) is 18.4 Å². The van der Waals surface area contributed by atoms with Crippen molar-refractivity contribution in [1.82, 2.24) is 10.7 Å². The summed E-state index contributed by atoms with van der Waals surface area (Å²) in [5, 5.41) is 7.72. The van der Waals surface area contributed by atoms with Crippen LogP contribution in [0, 0.1) is 5.92 Å². The van der Waals surface area contributed by atoms with E-state index >= 15 is 0 Å². The molecule has 2 N–H and O–H groups in total. The lowest BCUT2D eigenvalue weighted by Crippen LogP contribution is -2.48. The van der Waals surface area contributed by atoms with Gasteiger partial charge in [-0.2, -0.15) is 5.10 Å². The lowest BCUT2D eigenvalue weighted by atomic mass is 10.0. The van der Waals surface area contributed by atoms with Gasteiger partial charge in [-0.15, -0.1) is 0 Å². The molecule has 0 saturated carbocycles. The molecule has 0 fully saturated rings. The van der Waals surface area contributed by atoms with Crippen molar-refractivity contribution in [2.75, 3.05) is 0 Å². The second-order valence-corrected chi connectivity index (χ2v) is 9.65. The summed E-state index contributed by atoms with van der Waals surface area (Å²) in [5.74, 6) is -0.381. The third kappa shape index (κ3) is 7.56. The quantitative estimate of drug-likeness (QED) is 0.234. The first-order chi connectivity index (χ1) is 16.8. The molecule has 0 aliphatic carbocycles. The van der Waals surface area contributed by atoms with Crippen molar-refractivity contribution in [2.45, 2.75) is 26.5 Å². The van der Waals surface area contributed by atoms with Crippen LogP contribution in [0.3, 0.4) is 0 Å². The molecule has 0 radical (unpaired) electrons. The average Bonchev–Trinajstić information content (AvgIpc) is 2.82. The number of hydrazone groups is 1. The second kappa shape index (κ2) is 12.7. The first kappa shape index (κ1) is 26.7. The minimum atomic E-state index is -0.789. The minimum Gasteiger partial charge on any atom is -0.488 e. The van der Waals surface area contributed by atoms with Crippen molar-refractivity contribution < 1.29 is 14.3 Å². The highest BCUT2D eigenvalue weighted by Gasteiger charge is 2.25. The smallest absolute Gasteiger partial charge is 0.262 e. The number of halogens is 3. The Hall–Kier alpha value is -2.87. The first-order valence-electron chi connectivity index (χ1n) is 10.8. The van der Waals surface area contributed by atoms with Crippen LogP contribution >= 0.6 is 39.1 Å².